The average molecular weight is 306 g/mol. The number of methoxy groups -OCH3 is 1. The predicted molar refractivity (Wildman–Crippen MR) is 76.0 cm³/mol. The van der Waals surface area contributed by atoms with Crippen molar-refractivity contribution in [3.63, 3.8) is 0 Å². The van der Waals surface area contributed by atoms with E-state index in [1.54, 1.807) is 0 Å². The van der Waals surface area contributed by atoms with E-state index in [-0.39, 0.29) is 29.3 Å². The second-order valence-electron chi connectivity index (χ2n) is 4.83. The van der Waals surface area contributed by atoms with Gasteiger partial charge in [-0.1, -0.05) is 6.07 Å². The van der Waals surface area contributed by atoms with E-state index in [2.05, 4.69) is 15.4 Å². The minimum atomic E-state index is -0.982. The van der Waals surface area contributed by atoms with Gasteiger partial charge in [-0.2, -0.15) is 0 Å². The van der Waals surface area contributed by atoms with Crippen LogP contribution < -0.4 is 10.6 Å². The Balaban J connectivity index is 2.27. The summed E-state index contributed by atoms with van der Waals surface area (Å²) in [6.07, 6.45) is -0.178. The standard InChI is InChI=1S/C15H15FN2O4/c1-8-13(15(21)22-2)11(7-12(19)17-8)14(20)18-10-5-3-4-9(16)6-10/h3-6,11H,7H2,1-2H3,(H,17,19)(H,18,20)/t11-/m0/s1. The van der Waals surface area contributed by atoms with E-state index in [9.17, 15) is 18.8 Å². The van der Waals surface area contributed by atoms with Crippen LogP contribution in [0, 0.1) is 11.7 Å². The highest BCUT2D eigenvalue weighted by atomic mass is 19.1. The molecule has 0 saturated carbocycles. The lowest BCUT2D eigenvalue weighted by molar-refractivity contribution is -0.139. The van der Waals surface area contributed by atoms with Crippen molar-refractivity contribution in [2.75, 3.05) is 12.4 Å². The number of esters is 1. The molecule has 1 aliphatic rings. The zero-order valence-electron chi connectivity index (χ0n) is 12.1. The van der Waals surface area contributed by atoms with Gasteiger partial charge in [0.2, 0.25) is 11.8 Å². The number of nitrogens with one attached hydrogen (secondary N) is 2. The van der Waals surface area contributed by atoms with Gasteiger partial charge in [0.05, 0.1) is 18.6 Å². The van der Waals surface area contributed by atoms with Gasteiger partial charge in [-0.25, -0.2) is 9.18 Å². The summed E-state index contributed by atoms with van der Waals surface area (Å²) < 4.78 is 17.8. The summed E-state index contributed by atoms with van der Waals surface area (Å²) >= 11 is 0. The summed E-state index contributed by atoms with van der Waals surface area (Å²) in [5.74, 6) is -3.11. The van der Waals surface area contributed by atoms with E-state index in [0.29, 0.717) is 0 Å². The molecule has 0 unspecified atom stereocenters. The van der Waals surface area contributed by atoms with Crippen LogP contribution in [-0.2, 0) is 19.1 Å². The summed E-state index contributed by atoms with van der Waals surface area (Å²) in [4.78, 5) is 35.8. The third kappa shape index (κ3) is 3.30. The predicted octanol–water partition coefficient (Wildman–Crippen LogP) is 1.35. The zero-order valence-corrected chi connectivity index (χ0v) is 12.1. The molecule has 2 rings (SSSR count). The van der Waals surface area contributed by atoms with Crippen molar-refractivity contribution in [2.45, 2.75) is 13.3 Å². The number of rotatable bonds is 3. The number of allylic oxidation sites excluding steroid dienone is 1. The van der Waals surface area contributed by atoms with Crippen LogP contribution in [0.4, 0.5) is 10.1 Å². The summed E-state index contributed by atoms with van der Waals surface area (Å²) in [7, 11) is 1.20. The van der Waals surface area contributed by atoms with Crippen molar-refractivity contribution in [3.05, 3.63) is 41.4 Å². The Bertz CT molecular complexity index is 669. The van der Waals surface area contributed by atoms with Gasteiger partial charge >= 0.3 is 5.97 Å². The van der Waals surface area contributed by atoms with Crippen LogP contribution in [0.3, 0.4) is 0 Å². The Morgan fingerprint density at radius 3 is 2.77 bits per heavy atom. The van der Waals surface area contributed by atoms with Gasteiger partial charge in [0.15, 0.2) is 0 Å². The molecule has 1 aliphatic heterocycles. The van der Waals surface area contributed by atoms with Gasteiger partial charge in [0.25, 0.3) is 0 Å². The number of carbonyl (C=O) groups excluding carboxylic acids is 3. The van der Waals surface area contributed by atoms with E-state index in [1.807, 2.05) is 0 Å². The molecule has 1 atom stereocenters. The fourth-order valence-corrected chi connectivity index (χ4v) is 2.30. The second-order valence-corrected chi connectivity index (χ2v) is 4.83. The fourth-order valence-electron chi connectivity index (χ4n) is 2.30. The Morgan fingerprint density at radius 2 is 2.14 bits per heavy atom. The number of benzene rings is 1. The number of amides is 2. The van der Waals surface area contributed by atoms with Gasteiger partial charge < -0.3 is 15.4 Å². The Morgan fingerprint density at radius 1 is 1.41 bits per heavy atom. The van der Waals surface area contributed by atoms with Crippen molar-refractivity contribution in [2.24, 2.45) is 5.92 Å². The maximum absolute atomic E-state index is 13.1. The van der Waals surface area contributed by atoms with Crippen molar-refractivity contribution in [1.82, 2.24) is 5.32 Å². The lowest BCUT2D eigenvalue weighted by Crippen LogP contribution is -2.40. The second kappa shape index (κ2) is 6.38. The van der Waals surface area contributed by atoms with Crippen LogP contribution in [0.1, 0.15) is 13.3 Å². The number of hydrogen-bond donors (Lipinski definition) is 2. The number of halogens is 1. The fraction of sp³-hybridized carbons (Fsp3) is 0.267. The van der Waals surface area contributed by atoms with Gasteiger partial charge in [0, 0.05) is 17.8 Å². The minimum absolute atomic E-state index is 0.0935. The molecule has 0 radical (unpaired) electrons. The van der Waals surface area contributed by atoms with Gasteiger partial charge in [-0.15, -0.1) is 0 Å². The zero-order chi connectivity index (χ0) is 16.3. The summed E-state index contributed by atoms with van der Waals surface area (Å²) in [6.45, 7) is 1.52. The summed E-state index contributed by atoms with van der Waals surface area (Å²) in [6, 6.07) is 5.35. The molecule has 116 valence electrons. The first-order valence-corrected chi connectivity index (χ1v) is 6.57. The Kier molecular flexibility index (Phi) is 4.55. The van der Waals surface area contributed by atoms with Crippen molar-refractivity contribution < 1.29 is 23.5 Å². The van der Waals surface area contributed by atoms with Crippen LogP contribution in [0.5, 0.6) is 0 Å². The molecule has 22 heavy (non-hydrogen) atoms. The molecular formula is C15H15FN2O4. The van der Waals surface area contributed by atoms with Crippen molar-refractivity contribution in [3.8, 4) is 0 Å². The van der Waals surface area contributed by atoms with Gasteiger partial charge in [-0.05, 0) is 25.1 Å². The molecule has 1 aromatic rings. The molecule has 0 aromatic heterocycles. The first-order chi connectivity index (χ1) is 10.4. The maximum atomic E-state index is 13.1. The normalized spacial score (nSPS) is 17.8. The third-order valence-electron chi connectivity index (χ3n) is 3.28. The first-order valence-electron chi connectivity index (χ1n) is 6.57. The summed E-state index contributed by atoms with van der Waals surface area (Å²) in [5, 5.41) is 5.00. The SMILES string of the molecule is COC(=O)C1=C(C)NC(=O)C[C@@H]1C(=O)Nc1cccc(F)c1. The van der Waals surface area contributed by atoms with Crippen LogP contribution in [0.25, 0.3) is 0 Å². The van der Waals surface area contributed by atoms with Gasteiger partial charge in [-0.3, -0.25) is 9.59 Å². The molecule has 1 heterocycles. The molecule has 7 heteroatoms. The first kappa shape index (κ1) is 15.7. The topological polar surface area (TPSA) is 84.5 Å². The average Bonchev–Trinajstić information content (AvgIpc) is 2.45. The molecule has 1 aromatic carbocycles. The minimum Gasteiger partial charge on any atom is -0.466 e. The highest BCUT2D eigenvalue weighted by Gasteiger charge is 2.36. The van der Waals surface area contributed by atoms with Gasteiger partial charge in [0.1, 0.15) is 5.82 Å². The van der Waals surface area contributed by atoms with E-state index in [0.717, 1.165) is 6.07 Å². The molecule has 0 aliphatic carbocycles. The molecular weight excluding hydrogens is 291 g/mol. The number of ether oxygens (including phenoxy) is 1. The van der Waals surface area contributed by atoms with Crippen molar-refractivity contribution >= 4 is 23.5 Å². The quantitative estimate of drug-likeness (QED) is 0.826. The molecule has 0 bridgehead atoms. The van der Waals surface area contributed by atoms with E-state index < -0.39 is 23.6 Å². The molecule has 2 amide bonds. The maximum Gasteiger partial charge on any atom is 0.336 e. The van der Waals surface area contributed by atoms with Crippen LogP contribution in [0.2, 0.25) is 0 Å². The van der Waals surface area contributed by atoms with Crippen LogP contribution in [0.15, 0.2) is 35.5 Å². The monoisotopic (exact) mass is 306 g/mol. The Labute approximate surface area is 126 Å². The van der Waals surface area contributed by atoms with Crippen LogP contribution >= 0.6 is 0 Å². The lowest BCUT2D eigenvalue weighted by Gasteiger charge is -2.25. The lowest BCUT2D eigenvalue weighted by atomic mass is 9.89. The van der Waals surface area contributed by atoms with Crippen LogP contribution in [-0.4, -0.2) is 24.9 Å². The van der Waals surface area contributed by atoms with E-state index in [4.69, 9.17) is 0 Å². The highest BCUT2D eigenvalue weighted by Crippen LogP contribution is 2.25. The largest absolute Gasteiger partial charge is 0.466 e. The summed E-state index contributed by atoms with van der Waals surface area (Å²) in [5.41, 5.74) is 0.622. The molecule has 0 fully saturated rings. The number of hydrogen-bond acceptors (Lipinski definition) is 4. The molecule has 2 N–H and O–H groups in total. The smallest absolute Gasteiger partial charge is 0.336 e. The highest BCUT2D eigenvalue weighted by molar-refractivity contribution is 6.06. The Hall–Kier alpha value is -2.70. The van der Waals surface area contributed by atoms with E-state index >= 15 is 0 Å². The van der Waals surface area contributed by atoms with Crippen molar-refractivity contribution in [1.29, 1.82) is 0 Å². The third-order valence-corrected chi connectivity index (χ3v) is 3.28. The molecule has 0 spiro atoms. The van der Waals surface area contributed by atoms with E-state index in [1.165, 1.54) is 32.2 Å². The molecule has 0 saturated heterocycles. The number of carbonyl (C=O) groups is 3. The number of anilines is 1. The molecule has 6 nitrogen and oxygen atoms in total.